The summed E-state index contributed by atoms with van der Waals surface area (Å²) in [4.78, 5) is 4.08. The Morgan fingerprint density at radius 3 is 3.27 bits per heavy atom. The van der Waals surface area contributed by atoms with Gasteiger partial charge >= 0.3 is 0 Å². The van der Waals surface area contributed by atoms with Crippen LogP contribution < -0.4 is 5.32 Å². The van der Waals surface area contributed by atoms with Gasteiger partial charge < -0.3 is 10.1 Å². The molecule has 0 radical (unpaired) electrons. The maximum Gasteiger partial charge on any atom is 0.0507 e. The molecule has 1 unspecified atom stereocenters. The first-order chi connectivity index (χ1) is 7.45. The highest BCUT2D eigenvalue weighted by atomic mass is 16.5. The maximum absolute atomic E-state index is 5.65. The minimum atomic E-state index is 0.721. The summed E-state index contributed by atoms with van der Waals surface area (Å²) >= 11 is 0. The van der Waals surface area contributed by atoms with Crippen molar-refractivity contribution in [1.82, 2.24) is 10.3 Å². The van der Waals surface area contributed by atoms with Gasteiger partial charge in [-0.3, -0.25) is 4.98 Å². The third kappa shape index (κ3) is 3.61. The van der Waals surface area contributed by atoms with Crippen LogP contribution in [-0.2, 0) is 11.2 Å². The summed E-state index contributed by atoms with van der Waals surface area (Å²) in [7, 11) is 0. The van der Waals surface area contributed by atoms with Crippen molar-refractivity contribution < 1.29 is 4.74 Å². The highest BCUT2D eigenvalue weighted by molar-refractivity contribution is 5.08. The normalized spacial score (nSPS) is 20.7. The standard InChI is InChI=1S/C12H18N2O/c1-2-11(8-13-5-1)4-7-15-10-12-3-6-14-9-12/h1-2,5,8,12,14H,3-4,6-7,9-10H2. The zero-order chi connectivity index (χ0) is 10.3. The van der Waals surface area contributed by atoms with Gasteiger partial charge in [0.05, 0.1) is 13.2 Å². The molecule has 3 heteroatoms. The van der Waals surface area contributed by atoms with E-state index in [0.717, 1.165) is 38.6 Å². The van der Waals surface area contributed by atoms with Gasteiger partial charge in [0, 0.05) is 18.9 Å². The summed E-state index contributed by atoms with van der Waals surface area (Å²) in [5, 5.41) is 3.34. The largest absolute Gasteiger partial charge is 0.381 e. The number of rotatable bonds is 5. The molecular weight excluding hydrogens is 188 g/mol. The molecule has 0 saturated carbocycles. The number of nitrogens with zero attached hydrogens (tertiary/aromatic N) is 1. The highest BCUT2D eigenvalue weighted by Crippen LogP contribution is 2.07. The average molecular weight is 206 g/mol. The van der Waals surface area contributed by atoms with Crippen LogP contribution in [0.15, 0.2) is 24.5 Å². The van der Waals surface area contributed by atoms with Crippen LogP contribution in [-0.4, -0.2) is 31.3 Å². The van der Waals surface area contributed by atoms with Crippen LogP contribution in [0.5, 0.6) is 0 Å². The van der Waals surface area contributed by atoms with E-state index in [4.69, 9.17) is 4.74 Å². The lowest BCUT2D eigenvalue weighted by Crippen LogP contribution is -2.14. The second-order valence-electron chi connectivity index (χ2n) is 4.05. The molecule has 1 atom stereocenters. The fraction of sp³-hybridized carbons (Fsp3) is 0.583. The van der Waals surface area contributed by atoms with Gasteiger partial charge in [0.15, 0.2) is 0 Å². The molecule has 1 aromatic rings. The van der Waals surface area contributed by atoms with Crippen molar-refractivity contribution in [3.8, 4) is 0 Å². The van der Waals surface area contributed by atoms with Gasteiger partial charge in [0.1, 0.15) is 0 Å². The lowest BCUT2D eigenvalue weighted by molar-refractivity contribution is 0.108. The Labute approximate surface area is 90.9 Å². The minimum absolute atomic E-state index is 0.721. The topological polar surface area (TPSA) is 34.1 Å². The van der Waals surface area contributed by atoms with E-state index >= 15 is 0 Å². The molecule has 2 heterocycles. The van der Waals surface area contributed by atoms with Gasteiger partial charge in [-0.05, 0) is 36.9 Å². The Morgan fingerprint density at radius 1 is 1.53 bits per heavy atom. The molecule has 15 heavy (non-hydrogen) atoms. The van der Waals surface area contributed by atoms with Gasteiger partial charge in [-0.15, -0.1) is 0 Å². The van der Waals surface area contributed by atoms with Gasteiger partial charge in [0.25, 0.3) is 0 Å². The van der Waals surface area contributed by atoms with E-state index in [1.54, 1.807) is 6.20 Å². The van der Waals surface area contributed by atoms with Crippen LogP contribution in [0.4, 0.5) is 0 Å². The van der Waals surface area contributed by atoms with Crippen LogP contribution in [0.1, 0.15) is 12.0 Å². The third-order valence-electron chi connectivity index (χ3n) is 2.77. The smallest absolute Gasteiger partial charge is 0.0507 e. The second-order valence-corrected chi connectivity index (χ2v) is 4.05. The SMILES string of the molecule is c1cncc(CCOCC2CCNC2)c1. The van der Waals surface area contributed by atoms with Crippen LogP contribution in [0.25, 0.3) is 0 Å². The summed E-state index contributed by atoms with van der Waals surface area (Å²) in [6.45, 7) is 3.97. The van der Waals surface area contributed by atoms with E-state index in [1.807, 2.05) is 12.3 Å². The molecule has 82 valence electrons. The molecule has 0 aromatic carbocycles. The number of nitrogens with one attached hydrogen (secondary N) is 1. The van der Waals surface area contributed by atoms with Gasteiger partial charge in [-0.2, -0.15) is 0 Å². The van der Waals surface area contributed by atoms with E-state index < -0.39 is 0 Å². The van der Waals surface area contributed by atoms with Crippen LogP contribution in [0, 0.1) is 5.92 Å². The number of aromatic nitrogens is 1. The summed E-state index contributed by atoms with van der Waals surface area (Å²) in [6.07, 6.45) is 5.93. The highest BCUT2D eigenvalue weighted by Gasteiger charge is 2.13. The quantitative estimate of drug-likeness (QED) is 0.736. The average Bonchev–Trinajstić information content (AvgIpc) is 2.79. The van der Waals surface area contributed by atoms with E-state index in [9.17, 15) is 0 Å². The molecule has 1 fully saturated rings. The van der Waals surface area contributed by atoms with Crippen molar-refractivity contribution in [2.45, 2.75) is 12.8 Å². The number of hydrogen-bond acceptors (Lipinski definition) is 3. The van der Waals surface area contributed by atoms with E-state index in [0.29, 0.717) is 0 Å². The fourth-order valence-electron chi connectivity index (χ4n) is 1.84. The third-order valence-corrected chi connectivity index (χ3v) is 2.77. The minimum Gasteiger partial charge on any atom is -0.381 e. The molecule has 1 aliphatic rings. The van der Waals surface area contributed by atoms with Crippen molar-refractivity contribution in [2.75, 3.05) is 26.3 Å². The van der Waals surface area contributed by atoms with Crippen molar-refractivity contribution in [3.05, 3.63) is 30.1 Å². The second kappa shape index (κ2) is 5.83. The molecule has 1 aromatic heterocycles. The first-order valence-corrected chi connectivity index (χ1v) is 5.62. The molecule has 0 amide bonds. The predicted octanol–water partition coefficient (Wildman–Crippen LogP) is 1.25. The van der Waals surface area contributed by atoms with E-state index in [1.165, 1.54) is 12.0 Å². The van der Waals surface area contributed by atoms with Crippen LogP contribution in [0.2, 0.25) is 0 Å². The Bertz CT molecular complexity index is 270. The summed E-state index contributed by atoms with van der Waals surface area (Å²) < 4.78 is 5.65. The van der Waals surface area contributed by atoms with Gasteiger partial charge in [-0.1, -0.05) is 6.07 Å². The van der Waals surface area contributed by atoms with Crippen LogP contribution >= 0.6 is 0 Å². The molecule has 3 nitrogen and oxygen atoms in total. The summed E-state index contributed by atoms with van der Waals surface area (Å²) in [5.41, 5.74) is 1.25. The molecule has 1 saturated heterocycles. The zero-order valence-corrected chi connectivity index (χ0v) is 8.98. The number of hydrogen-bond donors (Lipinski definition) is 1. The molecule has 0 aliphatic carbocycles. The van der Waals surface area contributed by atoms with Gasteiger partial charge in [0.2, 0.25) is 0 Å². The lowest BCUT2D eigenvalue weighted by atomic mass is 10.1. The van der Waals surface area contributed by atoms with Crippen molar-refractivity contribution in [1.29, 1.82) is 0 Å². The lowest BCUT2D eigenvalue weighted by Gasteiger charge is -2.08. The first-order valence-electron chi connectivity index (χ1n) is 5.62. The Morgan fingerprint density at radius 2 is 2.53 bits per heavy atom. The predicted molar refractivity (Wildman–Crippen MR) is 59.7 cm³/mol. The Kier molecular flexibility index (Phi) is 4.11. The number of ether oxygens (including phenoxy) is 1. The Balaban J connectivity index is 1.59. The fourth-order valence-corrected chi connectivity index (χ4v) is 1.84. The molecule has 1 N–H and O–H groups in total. The summed E-state index contributed by atoms with van der Waals surface area (Å²) in [6, 6.07) is 4.06. The van der Waals surface area contributed by atoms with E-state index in [-0.39, 0.29) is 0 Å². The molecular formula is C12H18N2O. The van der Waals surface area contributed by atoms with Crippen molar-refractivity contribution in [3.63, 3.8) is 0 Å². The zero-order valence-electron chi connectivity index (χ0n) is 8.98. The van der Waals surface area contributed by atoms with Crippen LogP contribution in [0.3, 0.4) is 0 Å². The van der Waals surface area contributed by atoms with Crippen molar-refractivity contribution >= 4 is 0 Å². The van der Waals surface area contributed by atoms with Gasteiger partial charge in [-0.25, -0.2) is 0 Å². The Hall–Kier alpha value is -0.930. The molecule has 0 bridgehead atoms. The molecule has 1 aliphatic heterocycles. The maximum atomic E-state index is 5.65. The number of pyridine rings is 1. The first kappa shape index (κ1) is 10.6. The summed E-state index contributed by atoms with van der Waals surface area (Å²) in [5.74, 6) is 0.721. The molecule has 2 rings (SSSR count). The monoisotopic (exact) mass is 206 g/mol. The van der Waals surface area contributed by atoms with Crippen molar-refractivity contribution in [2.24, 2.45) is 5.92 Å². The van der Waals surface area contributed by atoms with E-state index in [2.05, 4.69) is 16.4 Å². The molecule has 0 spiro atoms.